The van der Waals surface area contributed by atoms with Gasteiger partial charge in [-0.25, -0.2) is 0 Å². The summed E-state index contributed by atoms with van der Waals surface area (Å²) in [6, 6.07) is -0.760. The fourth-order valence-corrected chi connectivity index (χ4v) is 10.4. The van der Waals surface area contributed by atoms with E-state index in [0.29, 0.717) is 6.42 Å². The minimum atomic E-state index is -5.60. The molecule has 0 aromatic carbocycles. The van der Waals surface area contributed by atoms with E-state index in [0.717, 1.165) is 12.8 Å². The Hall–Kier alpha value is -0.770. The molecule has 0 saturated carbocycles. The number of hydrogen-bond acceptors (Lipinski definition) is 5. The average Bonchev–Trinajstić information content (AvgIpc) is 2.54. The molecule has 2 fully saturated rings. The number of amides is 1. The number of aliphatic hydroxyl groups excluding tert-OH is 1. The van der Waals surface area contributed by atoms with Crippen molar-refractivity contribution in [2.24, 2.45) is 11.8 Å². The Labute approximate surface area is 120 Å². The number of rotatable bonds is 2. The van der Waals surface area contributed by atoms with Crippen LogP contribution in [-0.4, -0.2) is 45.1 Å². The van der Waals surface area contributed by atoms with Crippen LogP contribution in [0, 0.1) is 11.8 Å². The molecule has 0 bridgehead atoms. The van der Waals surface area contributed by atoms with E-state index in [-0.39, 0.29) is 5.92 Å². The van der Waals surface area contributed by atoms with Gasteiger partial charge in [-0.1, -0.05) is 0 Å². The summed E-state index contributed by atoms with van der Waals surface area (Å²) in [6.07, 6.45) is 4.73. The summed E-state index contributed by atoms with van der Waals surface area (Å²) >= 11 is -5.60. The van der Waals surface area contributed by atoms with Crippen molar-refractivity contribution in [1.82, 2.24) is 5.32 Å². The van der Waals surface area contributed by atoms with Crippen LogP contribution in [0.15, 0.2) is 12.2 Å². The van der Waals surface area contributed by atoms with Crippen molar-refractivity contribution in [1.29, 1.82) is 0 Å². The number of hydrogen-bond donors (Lipinski definition) is 2. The average molecular weight is 395 g/mol. The third-order valence-electron chi connectivity index (χ3n) is 4.82. The van der Waals surface area contributed by atoms with Crippen LogP contribution >= 0.6 is 0 Å². The van der Waals surface area contributed by atoms with E-state index < -0.39 is 49.4 Å². The monoisotopic (exact) mass is 397 g/mol. The van der Waals surface area contributed by atoms with Crippen molar-refractivity contribution >= 4 is 27.9 Å². The van der Waals surface area contributed by atoms with Gasteiger partial charge in [0.1, 0.15) is 0 Å². The molecule has 0 aromatic rings. The molecule has 1 amide bonds. The SMILES string of the molecule is CC1C(=O)[Te](=O)(=O)[C@@]2([C@@H](O)[C@@H]3C=CCCC3)C(=O)N[C@@H]12. The van der Waals surface area contributed by atoms with E-state index in [1.165, 1.54) is 6.92 Å². The predicted molar refractivity (Wildman–Crippen MR) is 68.4 cm³/mol. The maximum absolute atomic E-state index is 12.5. The van der Waals surface area contributed by atoms with Gasteiger partial charge in [0.25, 0.3) is 0 Å². The Bertz CT molecular complexity index is 610. The van der Waals surface area contributed by atoms with Crippen LogP contribution in [0.25, 0.3) is 0 Å². The minimum absolute atomic E-state index is 0.371. The number of carbonyl (C=O) groups excluding carboxylic acids is 2. The van der Waals surface area contributed by atoms with Gasteiger partial charge in [-0.05, 0) is 0 Å². The van der Waals surface area contributed by atoms with E-state index in [4.69, 9.17) is 0 Å². The molecule has 3 aliphatic rings. The summed E-state index contributed by atoms with van der Waals surface area (Å²) in [7, 11) is 0. The second kappa shape index (κ2) is 4.36. The van der Waals surface area contributed by atoms with Gasteiger partial charge in [0, 0.05) is 0 Å². The summed E-state index contributed by atoms with van der Waals surface area (Å²) in [5, 5.41) is 13.1. The van der Waals surface area contributed by atoms with Crippen LogP contribution in [0.4, 0.5) is 0 Å². The van der Waals surface area contributed by atoms with E-state index in [2.05, 4.69) is 5.32 Å². The fourth-order valence-electron chi connectivity index (χ4n) is 3.65. The van der Waals surface area contributed by atoms with E-state index in [9.17, 15) is 20.9 Å². The van der Waals surface area contributed by atoms with Crippen molar-refractivity contribution < 1.29 is 20.9 Å². The molecule has 0 spiro atoms. The molecule has 110 valence electrons. The molecule has 7 heteroatoms. The first-order valence-electron chi connectivity index (χ1n) is 6.79. The van der Waals surface area contributed by atoms with Crippen LogP contribution in [0.5, 0.6) is 0 Å². The Kier molecular flexibility index (Phi) is 3.09. The molecule has 2 aliphatic heterocycles. The Morgan fingerprint density at radius 1 is 1.45 bits per heavy atom. The van der Waals surface area contributed by atoms with Crippen LogP contribution < -0.4 is 5.32 Å². The molecule has 1 unspecified atom stereocenters. The molecule has 0 aromatic heterocycles. The second-order valence-electron chi connectivity index (χ2n) is 5.82. The van der Waals surface area contributed by atoms with Crippen molar-refractivity contribution in [2.75, 3.05) is 0 Å². The molecule has 2 saturated heterocycles. The summed E-state index contributed by atoms with van der Waals surface area (Å²) in [4.78, 5) is 24.0. The van der Waals surface area contributed by atoms with Gasteiger partial charge in [-0.15, -0.1) is 0 Å². The van der Waals surface area contributed by atoms with Crippen molar-refractivity contribution in [3.05, 3.63) is 12.2 Å². The zero-order valence-corrected chi connectivity index (χ0v) is 13.4. The first-order chi connectivity index (χ1) is 9.35. The van der Waals surface area contributed by atoms with Crippen LogP contribution in [-0.2, 0) is 15.8 Å². The molecular weight excluding hydrogens is 378 g/mol. The quantitative estimate of drug-likeness (QED) is 0.390. The van der Waals surface area contributed by atoms with E-state index >= 15 is 0 Å². The molecule has 5 atom stereocenters. The molecule has 6 nitrogen and oxygen atoms in total. The first kappa shape index (κ1) is 14.2. The third kappa shape index (κ3) is 1.44. The van der Waals surface area contributed by atoms with Gasteiger partial charge in [0.15, 0.2) is 0 Å². The number of carbonyl (C=O) groups is 2. The summed E-state index contributed by atoms with van der Waals surface area (Å²) in [5.74, 6) is -1.83. The molecule has 0 radical (unpaired) electrons. The van der Waals surface area contributed by atoms with Gasteiger partial charge >= 0.3 is 120 Å². The van der Waals surface area contributed by atoms with Gasteiger partial charge in [0.05, 0.1) is 0 Å². The number of fused-ring (bicyclic) bond motifs is 1. The maximum atomic E-state index is 12.5. The standard InChI is InChI=1S/C13H17NO5Te/c1-7-9-13(12(17)14-9,20(18,19)11(7)16)10(15)8-5-3-2-4-6-8/h3,5,7-10,15H,2,4,6H2,1H3,(H,14,17)/t7?,8-,9+,10+,13+/m1/s1. The van der Waals surface area contributed by atoms with Crippen molar-refractivity contribution in [3.8, 4) is 0 Å². The third-order valence-corrected chi connectivity index (χ3v) is 11.9. The Morgan fingerprint density at radius 3 is 2.65 bits per heavy atom. The van der Waals surface area contributed by atoms with E-state index in [1.807, 2.05) is 6.08 Å². The molecular formula is C13H17NO5Te. The zero-order chi connectivity index (χ0) is 14.7. The van der Waals surface area contributed by atoms with Gasteiger partial charge in [-0.2, -0.15) is 0 Å². The van der Waals surface area contributed by atoms with Crippen molar-refractivity contribution in [3.63, 3.8) is 0 Å². The van der Waals surface area contributed by atoms with E-state index in [1.54, 1.807) is 6.08 Å². The fraction of sp³-hybridized carbons (Fsp3) is 0.692. The number of allylic oxidation sites excluding steroid dienone is 1. The molecule has 3 rings (SSSR count). The molecule has 2 heterocycles. The van der Waals surface area contributed by atoms with Crippen LogP contribution in [0.1, 0.15) is 26.2 Å². The zero-order valence-electron chi connectivity index (χ0n) is 11.1. The van der Waals surface area contributed by atoms with Gasteiger partial charge in [0.2, 0.25) is 0 Å². The van der Waals surface area contributed by atoms with Crippen LogP contribution in [0.2, 0.25) is 3.46 Å². The Morgan fingerprint density at radius 2 is 2.15 bits per heavy atom. The molecule has 1 aliphatic carbocycles. The predicted octanol–water partition coefficient (Wildman–Crippen LogP) is 0.00360. The topological polar surface area (TPSA) is 101 Å². The van der Waals surface area contributed by atoms with Crippen molar-refractivity contribution in [2.45, 2.75) is 41.8 Å². The summed E-state index contributed by atoms with van der Waals surface area (Å²) < 4.78 is 22.3. The number of nitrogens with one attached hydrogen (secondary N) is 1. The number of aliphatic hydroxyl groups is 1. The number of β-lactam (4-membered cyclic amide) rings is 1. The summed E-state index contributed by atoms with van der Waals surface area (Å²) in [6.45, 7) is 1.51. The summed E-state index contributed by atoms with van der Waals surface area (Å²) in [5.41, 5.74) is 0. The Balaban J connectivity index is 2.08. The first-order valence-corrected chi connectivity index (χ1v) is 11.0. The molecule has 20 heavy (non-hydrogen) atoms. The van der Waals surface area contributed by atoms with Gasteiger partial charge < -0.3 is 0 Å². The normalized spacial score (nSPS) is 43.6. The van der Waals surface area contributed by atoms with Crippen LogP contribution in [0.3, 0.4) is 0 Å². The molecule has 2 N–H and O–H groups in total. The second-order valence-corrected chi connectivity index (χ2v) is 11.8. The van der Waals surface area contributed by atoms with Gasteiger partial charge in [-0.3, -0.25) is 0 Å².